The molecule has 13 heteroatoms. The van der Waals surface area contributed by atoms with Crippen LogP contribution in [0.15, 0.2) is 0 Å². The predicted octanol–water partition coefficient (Wildman–Crippen LogP) is -0.814. The van der Waals surface area contributed by atoms with Crippen LogP contribution in [0.1, 0.15) is 32.1 Å². The molecule has 0 spiro atoms. The van der Waals surface area contributed by atoms with Crippen LogP contribution in [0.4, 0.5) is 4.79 Å². The van der Waals surface area contributed by atoms with Gasteiger partial charge in [-0.1, -0.05) is 6.42 Å². The van der Waals surface area contributed by atoms with E-state index in [9.17, 15) is 27.6 Å². The number of carbonyl (C=O) groups excluding carboxylic acids is 4. The number of nitrogens with zero attached hydrogens (tertiary/aromatic N) is 1. The summed E-state index contributed by atoms with van der Waals surface area (Å²) in [4.78, 5) is 51.2. The van der Waals surface area contributed by atoms with Crippen molar-refractivity contribution in [1.82, 2.24) is 15.7 Å². The summed E-state index contributed by atoms with van der Waals surface area (Å²) >= 11 is 1.75. The number of hydrogen-bond donors (Lipinski definition) is 3. The molecule has 0 aromatic carbocycles. The zero-order valence-electron chi connectivity index (χ0n) is 14.1. The minimum Gasteiger partial charge on any atom is -0.332 e. The summed E-state index contributed by atoms with van der Waals surface area (Å²) < 4.78 is 31.0. The summed E-state index contributed by atoms with van der Waals surface area (Å²) in [5, 5.41) is 4.15. The topological polar surface area (TPSA) is 159 Å². The number of hydroxylamine groups is 2. The fourth-order valence-corrected chi connectivity index (χ4v) is 5.56. The van der Waals surface area contributed by atoms with E-state index in [1.807, 2.05) is 0 Å². The average molecular weight is 421 g/mol. The quantitative estimate of drug-likeness (QED) is 0.207. The van der Waals surface area contributed by atoms with Crippen molar-refractivity contribution in [2.45, 2.75) is 54.7 Å². The van der Waals surface area contributed by atoms with Gasteiger partial charge in [0.1, 0.15) is 0 Å². The Hall–Kier alpha value is -1.86. The second-order valence-corrected chi connectivity index (χ2v) is 9.44. The summed E-state index contributed by atoms with van der Waals surface area (Å²) in [7, 11) is -4.74. The maximum Gasteiger partial charge on any atom is 0.333 e. The van der Waals surface area contributed by atoms with Crippen LogP contribution in [0.25, 0.3) is 0 Å². The van der Waals surface area contributed by atoms with Gasteiger partial charge >= 0.3 is 12.0 Å². The van der Waals surface area contributed by atoms with Crippen LogP contribution in [0, 0.1) is 0 Å². The van der Waals surface area contributed by atoms with Gasteiger partial charge in [0.15, 0.2) is 5.25 Å². The third-order valence-corrected chi connectivity index (χ3v) is 7.27. The summed E-state index contributed by atoms with van der Waals surface area (Å²) in [6, 6.07) is 0.0362. The fourth-order valence-electron chi connectivity index (χ4n) is 3.32. The lowest BCUT2D eigenvalue weighted by Crippen LogP contribution is -2.37. The van der Waals surface area contributed by atoms with Gasteiger partial charge in [-0.05, 0) is 12.8 Å². The van der Waals surface area contributed by atoms with Gasteiger partial charge in [0.2, 0.25) is 0 Å². The maximum absolute atomic E-state index is 11.8. The van der Waals surface area contributed by atoms with Crippen molar-refractivity contribution in [3.05, 3.63) is 0 Å². The molecule has 0 aromatic heterocycles. The number of urea groups is 1. The van der Waals surface area contributed by atoms with E-state index in [0.717, 1.165) is 12.2 Å². The average Bonchev–Trinajstić information content (AvgIpc) is 3.19. The second kappa shape index (κ2) is 7.64. The first-order valence-electron chi connectivity index (χ1n) is 8.39. The highest BCUT2D eigenvalue weighted by atomic mass is 32.2. The monoisotopic (exact) mass is 421 g/mol. The zero-order valence-corrected chi connectivity index (χ0v) is 15.8. The number of rotatable bonds is 7. The summed E-state index contributed by atoms with van der Waals surface area (Å²) in [5.41, 5.74) is 0. The molecule has 0 bridgehead atoms. The minimum atomic E-state index is -4.74. The SMILES string of the molecule is O=C1N[C@H]2[C@@H](CS[C@@H]2CCCCC(=O)ON2C(=O)C[C@@H](S(=O)(=O)O)C2=O)N1. The van der Waals surface area contributed by atoms with Crippen LogP contribution in [0.2, 0.25) is 0 Å². The number of amides is 4. The Kier molecular flexibility index (Phi) is 5.63. The van der Waals surface area contributed by atoms with Crippen LogP contribution >= 0.6 is 11.8 Å². The van der Waals surface area contributed by atoms with Gasteiger partial charge in [-0.2, -0.15) is 20.2 Å². The lowest BCUT2D eigenvalue weighted by Gasteiger charge is -2.16. The highest BCUT2D eigenvalue weighted by Crippen LogP contribution is 2.33. The van der Waals surface area contributed by atoms with Gasteiger partial charge in [0, 0.05) is 17.4 Å². The number of imide groups is 1. The molecule has 0 aliphatic carbocycles. The summed E-state index contributed by atoms with van der Waals surface area (Å²) in [6.07, 6.45) is 1.11. The molecule has 0 saturated carbocycles. The van der Waals surface area contributed by atoms with E-state index >= 15 is 0 Å². The number of thioether (sulfide) groups is 1. The molecule has 27 heavy (non-hydrogen) atoms. The van der Waals surface area contributed by atoms with Crippen LogP contribution in [0.5, 0.6) is 0 Å². The highest BCUT2D eigenvalue weighted by Gasteiger charge is 2.48. The molecule has 3 N–H and O–H groups in total. The van der Waals surface area contributed by atoms with Crippen LogP contribution in [-0.2, 0) is 29.3 Å². The van der Waals surface area contributed by atoms with Crippen molar-refractivity contribution in [2.24, 2.45) is 0 Å². The molecule has 3 saturated heterocycles. The van der Waals surface area contributed by atoms with Crippen molar-refractivity contribution in [1.29, 1.82) is 0 Å². The Balaban J connectivity index is 1.40. The molecule has 3 aliphatic rings. The minimum absolute atomic E-state index is 0.0519. The van der Waals surface area contributed by atoms with E-state index in [0.29, 0.717) is 12.8 Å². The lowest BCUT2D eigenvalue weighted by atomic mass is 10.0. The molecule has 4 amide bonds. The third kappa shape index (κ3) is 4.35. The van der Waals surface area contributed by atoms with Crippen molar-refractivity contribution >= 4 is 45.7 Å². The van der Waals surface area contributed by atoms with Gasteiger partial charge in [-0.3, -0.25) is 14.1 Å². The Morgan fingerprint density at radius 1 is 1.26 bits per heavy atom. The van der Waals surface area contributed by atoms with Crippen LogP contribution in [-0.4, -0.2) is 70.2 Å². The van der Waals surface area contributed by atoms with Crippen LogP contribution < -0.4 is 10.6 Å². The standard InChI is InChI=1S/C14H19N3O8S2/c18-10-5-9(27(22,23)24)13(20)17(10)25-11(19)4-2-1-3-8-12-7(6-26-8)15-14(21)16-12/h7-9,12H,1-6H2,(H2,15,16,21)(H,22,23,24)/t7-,8-,9-,12+/m1/s1. The summed E-state index contributed by atoms with van der Waals surface area (Å²) in [5.74, 6) is -2.26. The third-order valence-electron chi connectivity index (χ3n) is 4.67. The smallest absolute Gasteiger partial charge is 0.332 e. The molecule has 11 nitrogen and oxygen atoms in total. The fraction of sp³-hybridized carbons (Fsp3) is 0.714. The number of nitrogens with one attached hydrogen (secondary N) is 2. The maximum atomic E-state index is 11.8. The van der Waals surface area contributed by atoms with Crippen molar-refractivity contribution in [3.8, 4) is 0 Å². The van der Waals surface area contributed by atoms with E-state index in [1.54, 1.807) is 11.8 Å². The predicted molar refractivity (Wildman–Crippen MR) is 91.9 cm³/mol. The zero-order chi connectivity index (χ0) is 19.8. The summed E-state index contributed by atoms with van der Waals surface area (Å²) in [6.45, 7) is 0. The molecule has 150 valence electrons. The number of hydrogen-bond acceptors (Lipinski definition) is 8. The normalized spacial score (nSPS) is 30.3. The van der Waals surface area contributed by atoms with Crippen molar-refractivity contribution in [3.63, 3.8) is 0 Å². The molecular weight excluding hydrogens is 402 g/mol. The second-order valence-electron chi connectivity index (χ2n) is 6.57. The first kappa shape index (κ1) is 19.9. The Labute approximate surface area is 159 Å². The molecule has 4 atom stereocenters. The van der Waals surface area contributed by atoms with Gasteiger partial charge < -0.3 is 15.5 Å². The Morgan fingerprint density at radius 2 is 2.00 bits per heavy atom. The van der Waals surface area contributed by atoms with Crippen molar-refractivity contribution in [2.75, 3.05) is 5.75 Å². The number of unbranched alkanes of at least 4 members (excludes halogenated alkanes) is 1. The molecule has 3 aliphatic heterocycles. The van der Waals surface area contributed by atoms with E-state index in [4.69, 9.17) is 4.55 Å². The van der Waals surface area contributed by atoms with E-state index in [2.05, 4.69) is 15.5 Å². The van der Waals surface area contributed by atoms with E-state index in [-0.39, 0.29) is 34.8 Å². The van der Waals surface area contributed by atoms with Gasteiger partial charge in [-0.25, -0.2) is 9.59 Å². The molecule has 0 radical (unpaired) electrons. The molecule has 0 unspecified atom stereocenters. The van der Waals surface area contributed by atoms with E-state index < -0.39 is 39.6 Å². The Bertz CT molecular complexity index is 770. The molecular formula is C14H19N3O8S2. The first-order valence-corrected chi connectivity index (χ1v) is 10.9. The largest absolute Gasteiger partial charge is 0.333 e. The number of fused-ring (bicyclic) bond motifs is 1. The van der Waals surface area contributed by atoms with Crippen molar-refractivity contribution < 1.29 is 37.0 Å². The Morgan fingerprint density at radius 3 is 2.67 bits per heavy atom. The first-order chi connectivity index (χ1) is 12.7. The molecule has 3 rings (SSSR count). The number of carbonyl (C=O) groups is 4. The molecule has 3 heterocycles. The highest BCUT2D eigenvalue weighted by molar-refractivity contribution is 8.00. The van der Waals surface area contributed by atoms with Gasteiger partial charge in [-0.15, -0.1) is 5.06 Å². The van der Waals surface area contributed by atoms with Gasteiger partial charge in [0.25, 0.3) is 21.9 Å². The van der Waals surface area contributed by atoms with Gasteiger partial charge in [0.05, 0.1) is 18.5 Å². The van der Waals surface area contributed by atoms with Crippen LogP contribution in [0.3, 0.4) is 0 Å². The lowest BCUT2D eigenvalue weighted by molar-refractivity contribution is -0.197. The molecule has 0 aromatic rings. The van der Waals surface area contributed by atoms with E-state index in [1.165, 1.54) is 0 Å². The molecule has 3 fully saturated rings.